The molecule has 0 spiro atoms. The molecule has 0 aliphatic rings. The Hall–Kier alpha value is -0.930. The van der Waals surface area contributed by atoms with Gasteiger partial charge in [0, 0.05) is 12.6 Å². The maximum atomic E-state index is 12.8. The Morgan fingerprint density at radius 2 is 2.23 bits per heavy atom. The van der Waals surface area contributed by atoms with Crippen molar-refractivity contribution in [2.75, 3.05) is 0 Å². The quantitative estimate of drug-likeness (QED) is 0.776. The molecule has 0 bridgehead atoms. The van der Waals surface area contributed by atoms with Crippen LogP contribution in [0, 0.1) is 0 Å². The molecule has 13 heavy (non-hydrogen) atoms. The molecule has 74 valence electrons. The fourth-order valence-corrected chi connectivity index (χ4v) is 1.03. The number of hydrogen-bond donors (Lipinski definition) is 1. The van der Waals surface area contributed by atoms with E-state index in [2.05, 4.69) is 10.2 Å². The second-order valence-electron chi connectivity index (χ2n) is 3.41. The van der Waals surface area contributed by atoms with E-state index in [1.807, 2.05) is 13.8 Å². The Kier molecular flexibility index (Phi) is 2.68. The first-order chi connectivity index (χ1) is 5.95. The molecule has 0 fully saturated rings. The van der Waals surface area contributed by atoms with Crippen LogP contribution in [-0.4, -0.2) is 10.2 Å². The Bertz CT molecular complexity index is 275. The lowest BCUT2D eigenvalue weighted by Gasteiger charge is -2.05. The van der Waals surface area contributed by atoms with Crippen molar-refractivity contribution in [2.45, 2.75) is 39.0 Å². The number of halogens is 2. The molecular weight excluding hydrogens is 174 g/mol. The third kappa shape index (κ3) is 2.26. The average Bonchev–Trinajstić information content (AvgIpc) is 2.50. The van der Waals surface area contributed by atoms with Gasteiger partial charge in [0.05, 0.1) is 0 Å². The second-order valence-corrected chi connectivity index (χ2v) is 3.41. The van der Waals surface area contributed by atoms with Crippen LogP contribution in [0.25, 0.3) is 0 Å². The number of alkyl halides is 2. The number of H-pyrrole nitrogens is 1. The largest absolute Gasteiger partial charge is 0.288 e. The predicted molar refractivity (Wildman–Crippen MR) is 46.9 cm³/mol. The lowest BCUT2D eigenvalue weighted by atomic mass is 10.0. The highest BCUT2D eigenvalue weighted by Gasteiger charge is 2.28. The van der Waals surface area contributed by atoms with Gasteiger partial charge < -0.3 is 0 Å². The summed E-state index contributed by atoms with van der Waals surface area (Å²) in [5, 5.41) is 6.21. The zero-order valence-corrected chi connectivity index (χ0v) is 8.06. The van der Waals surface area contributed by atoms with E-state index < -0.39 is 5.92 Å². The molecule has 1 N–H and O–H groups in total. The van der Waals surface area contributed by atoms with Gasteiger partial charge in [-0.05, 0) is 18.4 Å². The minimum atomic E-state index is -2.85. The van der Waals surface area contributed by atoms with E-state index in [0.717, 1.165) is 19.0 Å². The molecule has 0 aromatic carbocycles. The zero-order chi connectivity index (χ0) is 10.1. The summed E-state index contributed by atoms with van der Waals surface area (Å²) < 4.78 is 25.5. The molecule has 0 saturated carbocycles. The Morgan fingerprint density at radius 1 is 1.62 bits per heavy atom. The molecule has 0 aliphatic carbocycles. The molecule has 1 aromatic heterocycles. The number of hydrogen-bond acceptors (Lipinski definition) is 1. The number of nitrogens with one attached hydrogen (secondary N) is 1. The summed E-state index contributed by atoms with van der Waals surface area (Å²) in [4.78, 5) is 0. The summed E-state index contributed by atoms with van der Waals surface area (Å²) in [5.41, 5.74) is 0.599. The maximum absolute atomic E-state index is 12.8. The molecular formula is C9H14F2N2. The van der Waals surface area contributed by atoms with Crippen molar-refractivity contribution < 1.29 is 8.78 Å². The van der Waals surface area contributed by atoms with Crippen molar-refractivity contribution in [1.29, 1.82) is 0 Å². The first-order valence-electron chi connectivity index (χ1n) is 4.38. The molecule has 4 heteroatoms. The van der Waals surface area contributed by atoms with Crippen molar-refractivity contribution in [3.63, 3.8) is 0 Å². The minimum absolute atomic E-state index is 0.178. The van der Waals surface area contributed by atoms with Crippen LogP contribution < -0.4 is 0 Å². The monoisotopic (exact) mass is 188 g/mol. The van der Waals surface area contributed by atoms with Crippen LogP contribution in [-0.2, 0) is 5.92 Å². The molecule has 0 aliphatic heterocycles. The van der Waals surface area contributed by atoms with Crippen LogP contribution in [0.15, 0.2) is 6.07 Å². The zero-order valence-electron chi connectivity index (χ0n) is 8.06. The topological polar surface area (TPSA) is 28.7 Å². The van der Waals surface area contributed by atoms with Gasteiger partial charge in [0.2, 0.25) is 0 Å². The molecule has 0 amide bonds. The van der Waals surface area contributed by atoms with Gasteiger partial charge in [-0.15, -0.1) is 0 Å². The van der Waals surface area contributed by atoms with E-state index >= 15 is 0 Å². The Labute approximate surface area is 76.3 Å². The summed E-state index contributed by atoms with van der Waals surface area (Å²) in [6.07, 6.45) is 0.914. The summed E-state index contributed by atoms with van der Waals surface area (Å²) in [6, 6.07) is 1.44. The Morgan fingerprint density at radius 3 is 2.62 bits per heavy atom. The highest BCUT2D eigenvalue weighted by molar-refractivity contribution is 5.15. The third-order valence-corrected chi connectivity index (χ3v) is 2.19. The number of nitrogens with zero attached hydrogens (tertiary/aromatic N) is 1. The lowest BCUT2D eigenvalue weighted by Crippen LogP contribution is -2.06. The molecule has 1 aromatic rings. The van der Waals surface area contributed by atoms with Crippen molar-refractivity contribution in [3.8, 4) is 0 Å². The van der Waals surface area contributed by atoms with E-state index in [0.29, 0.717) is 0 Å². The summed E-state index contributed by atoms with van der Waals surface area (Å²) in [7, 11) is 0. The SMILES string of the molecule is CCC(C)c1cc(C(C)(F)F)n[nH]1. The minimum Gasteiger partial charge on any atom is -0.282 e. The molecule has 2 nitrogen and oxygen atoms in total. The van der Waals surface area contributed by atoms with Gasteiger partial charge in [-0.1, -0.05) is 13.8 Å². The summed E-state index contributed by atoms with van der Waals surface area (Å²) in [5.74, 6) is -2.59. The van der Waals surface area contributed by atoms with Crippen LogP contribution in [0.3, 0.4) is 0 Å². The fourth-order valence-electron chi connectivity index (χ4n) is 1.03. The summed E-state index contributed by atoms with van der Waals surface area (Å²) in [6.45, 7) is 4.84. The van der Waals surface area contributed by atoms with Crippen molar-refractivity contribution in [1.82, 2.24) is 10.2 Å². The van der Waals surface area contributed by atoms with Crippen LogP contribution >= 0.6 is 0 Å². The molecule has 0 radical (unpaired) electrons. The number of rotatable bonds is 3. The molecule has 0 saturated heterocycles. The number of aromatic amines is 1. The van der Waals surface area contributed by atoms with E-state index in [4.69, 9.17) is 0 Å². The van der Waals surface area contributed by atoms with Crippen LogP contribution in [0.4, 0.5) is 8.78 Å². The smallest absolute Gasteiger partial charge is 0.282 e. The highest BCUT2D eigenvalue weighted by Crippen LogP contribution is 2.27. The van der Waals surface area contributed by atoms with Gasteiger partial charge in [0.25, 0.3) is 5.92 Å². The Balaban J connectivity index is 2.87. The van der Waals surface area contributed by atoms with Crippen LogP contribution in [0.5, 0.6) is 0 Å². The second kappa shape index (κ2) is 3.44. The summed E-state index contributed by atoms with van der Waals surface area (Å²) >= 11 is 0. The van der Waals surface area contributed by atoms with Gasteiger partial charge in [-0.2, -0.15) is 13.9 Å². The van der Waals surface area contributed by atoms with Crippen LogP contribution in [0.2, 0.25) is 0 Å². The van der Waals surface area contributed by atoms with Gasteiger partial charge in [0.1, 0.15) is 5.69 Å². The lowest BCUT2D eigenvalue weighted by molar-refractivity contribution is 0.0127. The maximum Gasteiger partial charge on any atom is 0.288 e. The van der Waals surface area contributed by atoms with E-state index in [1.165, 1.54) is 6.07 Å². The first-order valence-corrected chi connectivity index (χ1v) is 4.38. The van der Waals surface area contributed by atoms with Gasteiger partial charge in [0.15, 0.2) is 0 Å². The number of aromatic nitrogens is 2. The molecule has 1 atom stereocenters. The standard InChI is InChI=1S/C9H14F2N2/c1-4-6(2)7-5-8(13-12-7)9(3,10)11/h5-6H,4H2,1-3H3,(H,12,13). The van der Waals surface area contributed by atoms with Gasteiger partial charge in [-0.3, -0.25) is 5.10 Å². The predicted octanol–water partition coefficient (Wildman–Crippen LogP) is 3.03. The highest BCUT2D eigenvalue weighted by atomic mass is 19.3. The first kappa shape index (κ1) is 10.2. The van der Waals surface area contributed by atoms with Crippen molar-refractivity contribution in [3.05, 3.63) is 17.5 Å². The molecule has 1 rings (SSSR count). The average molecular weight is 188 g/mol. The molecule has 1 unspecified atom stereocenters. The van der Waals surface area contributed by atoms with Crippen molar-refractivity contribution in [2.24, 2.45) is 0 Å². The van der Waals surface area contributed by atoms with Gasteiger partial charge in [-0.25, -0.2) is 0 Å². The van der Waals surface area contributed by atoms with E-state index in [-0.39, 0.29) is 11.6 Å². The van der Waals surface area contributed by atoms with Crippen LogP contribution in [0.1, 0.15) is 44.5 Å². The fraction of sp³-hybridized carbons (Fsp3) is 0.667. The normalized spacial score (nSPS) is 14.5. The molecule has 1 heterocycles. The van der Waals surface area contributed by atoms with E-state index in [1.54, 1.807) is 0 Å². The van der Waals surface area contributed by atoms with Gasteiger partial charge >= 0.3 is 0 Å². The van der Waals surface area contributed by atoms with E-state index in [9.17, 15) is 8.78 Å². The third-order valence-electron chi connectivity index (χ3n) is 2.19. The van der Waals surface area contributed by atoms with Crippen molar-refractivity contribution >= 4 is 0 Å².